The van der Waals surface area contributed by atoms with Gasteiger partial charge in [0.05, 0.1) is 6.10 Å². The van der Waals surface area contributed by atoms with Crippen LogP contribution in [0.3, 0.4) is 0 Å². The number of nitrogens with zero attached hydrogens (tertiary/aromatic N) is 2. The first-order valence-electron chi connectivity index (χ1n) is 8.10. The average Bonchev–Trinajstić information content (AvgIpc) is 3.16. The maximum Gasteiger partial charge on any atom is 0.410 e. The third kappa shape index (κ3) is 4.58. The lowest BCUT2D eigenvalue weighted by molar-refractivity contribution is 0.0131. The largest absolute Gasteiger partial charge is 0.444 e. The van der Waals surface area contributed by atoms with Crippen LogP contribution in [0.5, 0.6) is 0 Å². The van der Waals surface area contributed by atoms with Crippen molar-refractivity contribution in [2.24, 2.45) is 5.41 Å². The third-order valence-electron chi connectivity index (χ3n) is 4.73. The average molecular weight is 298 g/mol. The van der Waals surface area contributed by atoms with Gasteiger partial charge >= 0.3 is 6.09 Å². The number of aliphatic hydroxyl groups is 1. The molecule has 2 fully saturated rings. The quantitative estimate of drug-likeness (QED) is 0.863. The Hall–Kier alpha value is -0.810. The standard InChI is InChI=1S/C16H30N2O3/c1-13(19)16(5-6-16)7-8-17-9-11-18(12-10-17)14(20)21-15(2,3)4/h13,19H,5-12H2,1-4H3. The summed E-state index contributed by atoms with van der Waals surface area (Å²) in [6.45, 7) is 11.9. The minimum Gasteiger partial charge on any atom is -0.444 e. The van der Waals surface area contributed by atoms with Crippen molar-refractivity contribution in [3.05, 3.63) is 0 Å². The molecule has 0 radical (unpaired) electrons. The Morgan fingerprint density at radius 3 is 2.24 bits per heavy atom. The zero-order valence-corrected chi connectivity index (χ0v) is 13.9. The first-order chi connectivity index (χ1) is 9.72. The molecule has 5 heteroatoms. The van der Waals surface area contributed by atoms with Gasteiger partial charge in [-0.25, -0.2) is 4.79 Å². The van der Waals surface area contributed by atoms with Crippen LogP contribution in [0.15, 0.2) is 0 Å². The van der Waals surface area contributed by atoms with E-state index >= 15 is 0 Å². The van der Waals surface area contributed by atoms with Crippen molar-refractivity contribution in [2.75, 3.05) is 32.7 Å². The number of amides is 1. The van der Waals surface area contributed by atoms with E-state index in [2.05, 4.69) is 4.90 Å². The summed E-state index contributed by atoms with van der Waals surface area (Å²) in [5, 5.41) is 9.81. The molecule has 1 heterocycles. The minimum absolute atomic E-state index is 0.183. The number of carbonyl (C=O) groups excluding carboxylic acids is 1. The van der Waals surface area contributed by atoms with Gasteiger partial charge in [0.1, 0.15) is 5.60 Å². The second kappa shape index (κ2) is 6.13. The van der Waals surface area contributed by atoms with Gasteiger partial charge in [0, 0.05) is 26.2 Å². The molecule has 1 amide bonds. The summed E-state index contributed by atoms with van der Waals surface area (Å²) in [6.07, 6.45) is 2.98. The molecule has 1 saturated heterocycles. The van der Waals surface area contributed by atoms with E-state index in [9.17, 15) is 9.90 Å². The fourth-order valence-corrected chi connectivity index (χ4v) is 2.90. The number of hydrogen-bond donors (Lipinski definition) is 1. The number of hydrogen-bond acceptors (Lipinski definition) is 4. The summed E-state index contributed by atoms with van der Waals surface area (Å²) in [5.74, 6) is 0. The summed E-state index contributed by atoms with van der Waals surface area (Å²) in [6, 6.07) is 0. The molecule has 0 bridgehead atoms. The van der Waals surface area contributed by atoms with Gasteiger partial charge in [-0.15, -0.1) is 0 Å². The molecule has 1 N–H and O–H groups in total. The van der Waals surface area contributed by atoms with Gasteiger partial charge in [0.15, 0.2) is 0 Å². The summed E-state index contributed by atoms with van der Waals surface area (Å²) in [7, 11) is 0. The molecular weight excluding hydrogens is 268 g/mol. The first-order valence-corrected chi connectivity index (χ1v) is 8.10. The van der Waals surface area contributed by atoms with Crippen LogP contribution in [0.2, 0.25) is 0 Å². The highest BCUT2D eigenvalue weighted by Crippen LogP contribution is 2.51. The lowest BCUT2D eigenvalue weighted by atomic mass is 9.96. The molecular formula is C16H30N2O3. The van der Waals surface area contributed by atoms with Gasteiger partial charge in [-0.05, 0) is 58.9 Å². The van der Waals surface area contributed by atoms with Crippen LogP contribution in [0.25, 0.3) is 0 Å². The predicted molar refractivity (Wildman–Crippen MR) is 82.2 cm³/mol. The van der Waals surface area contributed by atoms with E-state index in [1.165, 1.54) is 0 Å². The Morgan fingerprint density at radius 2 is 1.81 bits per heavy atom. The third-order valence-corrected chi connectivity index (χ3v) is 4.73. The summed E-state index contributed by atoms with van der Waals surface area (Å²) < 4.78 is 5.40. The molecule has 122 valence electrons. The lowest BCUT2D eigenvalue weighted by Gasteiger charge is -2.36. The second-order valence-electron chi connectivity index (χ2n) is 7.60. The van der Waals surface area contributed by atoms with Crippen LogP contribution in [-0.4, -0.2) is 65.4 Å². The molecule has 21 heavy (non-hydrogen) atoms. The van der Waals surface area contributed by atoms with E-state index < -0.39 is 5.60 Å². The first kappa shape index (κ1) is 16.6. The maximum absolute atomic E-state index is 12.0. The van der Waals surface area contributed by atoms with Crippen molar-refractivity contribution in [3.8, 4) is 0 Å². The predicted octanol–water partition coefficient (Wildman–Crippen LogP) is 2.09. The van der Waals surface area contributed by atoms with E-state index in [4.69, 9.17) is 4.74 Å². The summed E-state index contributed by atoms with van der Waals surface area (Å²) in [4.78, 5) is 16.2. The van der Waals surface area contributed by atoms with Gasteiger partial charge in [-0.2, -0.15) is 0 Å². The smallest absolute Gasteiger partial charge is 0.410 e. The highest BCUT2D eigenvalue weighted by atomic mass is 16.6. The summed E-state index contributed by atoms with van der Waals surface area (Å²) in [5.41, 5.74) is -0.244. The molecule has 1 atom stereocenters. The van der Waals surface area contributed by atoms with E-state index in [1.54, 1.807) is 4.90 Å². The molecule has 2 rings (SSSR count). The Kier molecular flexibility index (Phi) is 4.83. The van der Waals surface area contributed by atoms with Gasteiger partial charge in [0.2, 0.25) is 0 Å². The van der Waals surface area contributed by atoms with Crippen LogP contribution >= 0.6 is 0 Å². The number of ether oxygens (including phenoxy) is 1. The fraction of sp³-hybridized carbons (Fsp3) is 0.938. The minimum atomic E-state index is -0.427. The molecule has 0 aromatic carbocycles. The Morgan fingerprint density at radius 1 is 1.24 bits per heavy atom. The van der Waals surface area contributed by atoms with Crippen molar-refractivity contribution < 1.29 is 14.6 Å². The molecule has 1 aliphatic carbocycles. The van der Waals surface area contributed by atoms with Crippen molar-refractivity contribution in [3.63, 3.8) is 0 Å². The lowest BCUT2D eigenvalue weighted by Crippen LogP contribution is -2.50. The van der Waals surface area contributed by atoms with Crippen LogP contribution in [-0.2, 0) is 4.74 Å². The topological polar surface area (TPSA) is 53.0 Å². The normalized spacial score (nSPS) is 23.8. The summed E-state index contributed by atoms with van der Waals surface area (Å²) >= 11 is 0. The number of aliphatic hydroxyl groups excluding tert-OH is 1. The van der Waals surface area contributed by atoms with E-state index in [0.717, 1.165) is 52.0 Å². The molecule has 1 saturated carbocycles. The monoisotopic (exact) mass is 298 g/mol. The molecule has 1 aliphatic heterocycles. The van der Waals surface area contributed by atoms with Gasteiger partial charge < -0.3 is 14.7 Å². The van der Waals surface area contributed by atoms with Crippen molar-refractivity contribution >= 4 is 6.09 Å². The van der Waals surface area contributed by atoms with Crippen LogP contribution in [0.4, 0.5) is 4.79 Å². The van der Waals surface area contributed by atoms with Gasteiger partial charge in [-0.1, -0.05) is 0 Å². The zero-order valence-electron chi connectivity index (χ0n) is 13.9. The highest BCUT2D eigenvalue weighted by molar-refractivity contribution is 5.68. The second-order valence-corrected chi connectivity index (χ2v) is 7.60. The molecule has 5 nitrogen and oxygen atoms in total. The Labute approximate surface area is 128 Å². The Balaban J connectivity index is 1.70. The van der Waals surface area contributed by atoms with Crippen molar-refractivity contribution in [1.29, 1.82) is 0 Å². The van der Waals surface area contributed by atoms with Crippen molar-refractivity contribution in [2.45, 2.75) is 58.7 Å². The van der Waals surface area contributed by atoms with Crippen molar-refractivity contribution in [1.82, 2.24) is 9.80 Å². The highest BCUT2D eigenvalue weighted by Gasteiger charge is 2.46. The Bertz CT molecular complexity index is 364. The number of rotatable bonds is 4. The van der Waals surface area contributed by atoms with Gasteiger partial charge in [-0.3, -0.25) is 4.90 Å². The number of carbonyl (C=O) groups is 1. The molecule has 0 aromatic rings. The van der Waals surface area contributed by atoms with E-state index in [-0.39, 0.29) is 17.6 Å². The SMILES string of the molecule is CC(O)C1(CCN2CCN(C(=O)OC(C)(C)C)CC2)CC1. The van der Waals surface area contributed by atoms with Crippen LogP contribution in [0, 0.1) is 5.41 Å². The van der Waals surface area contributed by atoms with Gasteiger partial charge in [0.25, 0.3) is 0 Å². The zero-order chi connectivity index (χ0) is 15.7. The molecule has 0 aromatic heterocycles. The molecule has 2 aliphatic rings. The van der Waals surface area contributed by atoms with E-state index in [1.807, 2.05) is 27.7 Å². The maximum atomic E-state index is 12.0. The molecule has 1 unspecified atom stereocenters. The van der Waals surface area contributed by atoms with Crippen LogP contribution in [0.1, 0.15) is 47.0 Å². The molecule has 0 spiro atoms. The van der Waals surface area contributed by atoms with Crippen LogP contribution < -0.4 is 0 Å². The fourth-order valence-electron chi connectivity index (χ4n) is 2.90. The number of piperazine rings is 1. The van der Waals surface area contributed by atoms with E-state index in [0.29, 0.717) is 0 Å².